The van der Waals surface area contributed by atoms with Crippen LogP contribution < -0.4 is 14.2 Å². The lowest BCUT2D eigenvalue weighted by molar-refractivity contribution is -0.143. The standard InChI is InChI=1S/C22H26FNO5/c1-27-18-7-5-16(23)13-17(18)21(24-10-8-14(9-11-24)22(25)26)15-4-6-19(28-2)20(12-15)29-3/h4-7,12-14,21H,8-11H2,1-3H3,(H,25,26). The minimum atomic E-state index is -0.768. The van der Waals surface area contributed by atoms with Gasteiger partial charge in [-0.25, -0.2) is 4.39 Å². The number of carboxylic acids is 1. The van der Waals surface area contributed by atoms with E-state index >= 15 is 0 Å². The van der Waals surface area contributed by atoms with Crippen molar-refractivity contribution in [1.82, 2.24) is 4.90 Å². The van der Waals surface area contributed by atoms with E-state index < -0.39 is 5.97 Å². The summed E-state index contributed by atoms with van der Waals surface area (Å²) in [6, 6.07) is 9.75. The predicted molar refractivity (Wildman–Crippen MR) is 106 cm³/mol. The van der Waals surface area contributed by atoms with Crippen LogP contribution in [0.25, 0.3) is 0 Å². The molecule has 0 radical (unpaired) electrons. The minimum Gasteiger partial charge on any atom is -0.496 e. The first-order valence-corrected chi connectivity index (χ1v) is 9.50. The van der Waals surface area contributed by atoms with Gasteiger partial charge in [0.2, 0.25) is 0 Å². The molecule has 0 spiro atoms. The number of hydrogen-bond acceptors (Lipinski definition) is 5. The molecule has 1 N–H and O–H groups in total. The van der Waals surface area contributed by atoms with Crippen molar-refractivity contribution in [3.05, 3.63) is 53.3 Å². The maximum atomic E-state index is 14.2. The highest BCUT2D eigenvalue weighted by molar-refractivity contribution is 5.70. The van der Waals surface area contributed by atoms with E-state index in [-0.39, 0.29) is 17.8 Å². The first-order chi connectivity index (χ1) is 14.0. The van der Waals surface area contributed by atoms with Gasteiger partial charge < -0.3 is 19.3 Å². The predicted octanol–water partition coefficient (Wildman–Crippen LogP) is 3.74. The number of methoxy groups -OCH3 is 3. The first-order valence-electron chi connectivity index (χ1n) is 9.50. The van der Waals surface area contributed by atoms with Crippen molar-refractivity contribution in [2.45, 2.75) is 18.9 Å². The zero-order valence-electron chi connectivity index (χ0n) is 16.9. The number of halogens is 1. The van der Waals surface area contributed by atoms with Gasteiger partial charge in [-0.3, -0.25) is 9.69 Å². The lowest BCUT2D eigenvalue weighted by Crippen LogP contribution is -2.39. The molecule has 1 aliphatic heterocycles. The van der Waals surface area contributed by atoms with Crippen molar-refractivity contribution >= 4 is 5.97 Å². The third-order valence-electron chi connectivity index (χ3n) is 5.45. The maximum absolute atomic E-state index is 14.2. The molecule has 1 fully saturated rings. The minimum absolute atomic E-state index is 0.310. The number of nitrogens with zero attached hydrogens (tertiary/aromatic N) is 1. The molecule has 0 aliphatic carbocycles. The number of carboxylic acid groups (broad SMARTS) is 1. The second-order valence-corrected chi connectivity index (χ2v) is 7.05. The number of aliphatic carboxylic acids is 1. The van der Waals surface area contributed by atoms with Crippen LogP contribution >= 0.6 is 0 Å². The summed E-state index contributed by atoms with van der Waals surface area (Å²) in [5.74, 6) is 0.275. The number of benzene rings is 2. The first kappa shape index (κ1) is 20.9. The molecule has 1 atom stereocenters. The Morgan fingerprint density at radius 3 is 2.21 bits per heavy atom. The Kier molecular flexibility index (Phi) is 6.59. The summed E-state index contributed by atoms with van der Waals surface area (Å²) in [6.45, 7) is 1.16. The lowest BCUT2D eigenvalue weighted by Gasteiger charge is -2.37. The molecule has 1 unspecified atom stereocenters. The van der Waals surface area contributed by atoms with E-state index in [1.807, 2.05) is 18.2 Å². The average molecular weight is 403 g/mol. The van der Waals surface area contributed by atoms with Crippen molar-refractivity contribution in [2.75, 3.05) is 34.4 Å². The highest BCUT2D eigenvalue weighted by Gasteiger charge is 2.32. The van der Waals surface area contributed by atoms with Crippen molar-refractivity contribution in [3.63, 3.8) is 0 Å². The molecule has 6 nitrogen and oxygen atoms in total. The summed E-state index contributed by atoms with van der Waals surface area (Å²) < 4.78 is 30.5. The van der Waals surface area contributed by atoms with Crippen LogP contribution in [0.2, 0.25) is 0 Å². The van der Waals surface area contributed by atoms with Gasteiger partial charge in [-0.05, 0) is 61.8 Å². The van der Waals surface area contributed by atoms with Gasteiger partial charge in [0.25, 0.3) is 0 Å². The molecule has 156 valence electrons. The van der Waals surface area contributed by atoms with E-state index in [0.717, 1.165) is 5.56 Å². The topological polar surface area (TPSA) is 68.2 Å². The molecule has 2 aromatic carbocycles. The number of likely N-dealkylation sites (tertiary alicyclic amines) is 1. The molecule has 0 aromatic heterocycles. The fourth-order valence-corrected chi connectivity index (χ4v) is 3.93. The van der Waals surface area contributed by atoms with Crippen molar-refractivity contribution in [1.29, 1.82) is 0 Å². The van der Waals surface area contributed by atoms with Crippen molar-refractivity contribution in [2.24, 2.45) is 5.92 Å². The molecular weight excluding hydrogens is 377 g/mol. The Balaban J connectivity index is 2.06. The third kappa shape index (κ3) is 4.45. The quantitative estimate of drug-likeness (QED) is 0.760. The van der Waals surface area contributed by atoms with Gasteiger partial charge in [-0.15, -0.1) is 0 Å². The third-order valence-corrected chi connectivity index (χ3v) is 5.45. The molecule has 1 saturated heterocycles. The molecule has 3 rings (SSSR count). The van der Waals surface area contributed by atoms with E-state index in [1.54, 1.807) is 27.4 Å². The lowest BCUT2D eigenvalue weighted by atomic mass is 9.90. The van der Waals surface area contributed by atoms with Crippen molar-refractivity contribution < 1.29 is 28.5 Å². The van der Waals surface area contributed by atoms with Crippen LogP contribution in [0.3, 0.4) is 0 Å². The van der Waals surface area contributed by atoms with E-state index in [9.17, 15) is 14.3 Å². The van der Waals surface area contributed by atoms with E-state index in [4.69, 9.17) is 14.2 Å². The molecule has 7 heteroatoms. The van der Waals surface area contributed by atoms with Gasteiger partial charge in [0.15, 0.2) is 11.5 Å². The number of carbonyl (C=O) groups is 1. The van der Waals surface area contributed by atoms with Gasteiger partial charge >= 0.3 is 5.97 Å². The van der Waals surface area contributed by atoms with Gasteiger partial charge in [-0.2, -0.15) is 0 Å². The van der Waals surface area contributed by atoms with Crippen LogP contribution in [0.4, 0.5) is 4.39 Å². The van der Waals surface area contributed by atoms with Crippen LogP contribution in [0, 0.1) is 11.7 Å². The van der Waals surface area contributed by atoms with Gasteiger partial charge in [0, 0.05) is 5.56 Å². The number of piperidine rings is 1. The zero-order chi connectivity index (χ0) is 21.0. The van der Waals surface area contributed by atoms with E-state index in [2.05, 4.69) is 4.90 Å². The Morgan fingerprint density at radius 2 is 1.62 bits per heavy atom. The van der Waals surface area contributed by atoms with E-state index in [1.165, 1.54) is 12.1 Å². The molecular formula is C22H26FNO5. The van der Waals surface area contributed by atoms with Crippen LogP contribution in [0.1, 0.15) is 30.0 Å². The largest absolute Gasteiger partial charge is 0.496 e. The van der Waals surface area contributed by atoms with Crippen LogP contribution in [-0.2, 0) is 4.79 Å². The Hall–Kier alpha value is -2.80. The fourth-order valence-electron chi connectivity index (χ4n) is 3.93. The second kappa shape index (κ2) is 9.13. The average Bonchev–Trinajstić information content (AvgIpc) is 2.74. The SMILES string of the molecule is COc1ccc(C(c2cc(F)ccc2OC)N2CCC(C(=O)O)CC2)cc1OC. The van der Waals surface area contributed by atoms with Crippen LogP contribution in [0.15, 0.2) is 36.4 Å². The fraction of sp³-hybridized carbons (Fsp3) is 0.409. The normalized spacial score (nSPS) is 16.3. The summed E-state index contributed by atoms with van der Waals surface area (Å²) in [6.07, 6.45) is 1.08. The van der Waals surface area contributed by atoms with Crippen LogP contribution in [0.5, 0.6) is 17.2 Å². The highest BCUT2D eigenvalue weighted by Crippen LogP contribution is 2.40. The number of ether oxygens (including phenoxy) is 3. The summed E-state index contributed by atoms with van der Waals surface area (Å²) in [5, 5.41) is 9.32. The summed E-state index contributed by atoms with van der Waals surface area (Å²) in [7, 11) is 4.69. The van der Waals surface area contributed by atoms with Crippen molar-refractivity contribution in [3.8, 4) is 17.2 Å². The number of rotatable bonds is 7. The molecule has 0 bridgehead atoms. The Bertz CT molecular complexity index is 864. The van der Waals surface area contributed by atoms with Gasteiger partial charge in [0.05, 0.1) is 33.3 Å². The van der Waals surface area contributed by atoms with Gasteiger partial charge in [-0.1, -0.05) is 6.07 Å². The maximum Gasteiger partial charge on any atom is 0.306 e. The highest BCUT2D eigenvalue weighted by atomic mass is 19.1. The summed E-state index contributed by atoms with van der Waals surface area (Å²) >= 11 is 0. The molecule has 2 aromatic rings. The second-order valence-electron chi connectivity index (χ2n) is 7.05. The smallest absolute Gasteiger partial charge is 0.306 e. The van der Waals surface area contributed by atoms with Crippen LogP contribution in [-0.4, -0.2) is 50.4 Å². The molecule has 1 heterocycles. The molecule has 1 aliphatic rings. The molecule has 0 saturated carbocycles. The summed E-state index contributed by atoms with van der Waals surface area (Å²) in [4.78, 5) is 13.5. The molecule has 0 amide bonds. The van der Waals surface area contributed by atoms with Gasteiger partial charge in [0.1, 0.15) is 11.6 Å². The zero-order valence-corrected chi connectivity index (χ0v) is 16.9. The van der Waals surface area contributed by atoms with E-state index in [0.29, 0.717) is 48.7 Å². The molecule has 29 heavy (non-hydrogen) atoms. The number of hydrogen-bond donors (Lipinski definition) is 1. The Morgan fingerprint density at radius 1 is 1.00 bits per heavy atom. The monoisotopic (exact) mass is 403 g/mol. The Labute approximate surface area is 169 Å². The summed E-state index contributed by atoms with van der Waals surface area (Å²) in [5.41, 5.74) is 1.58.